The minimum atomic E-state index is -0.509. The summed E-state index contributed by atoms with van der Waals surface area (Å²) in [6.07, 6.45) is 0. The van der Waals surface area contributed by atoms with Crippen LogP contribution in [0.5, 0.6) is 0 Å². The number of aromatic amines is 1. The average molecular weight is 440 g/mol. The molecule has 30 heavy (non-hydrogen) atoms. The van der Waals surface area contributed by atoms with Gasteiger partial charge in [0.15, 0.2) is 5.16 Å². The first-order chi connectivity index (χ1) is 14.4. The Labute approximate surface area is 180 Å². The summed E-state index contributed by atoms with van der Waals surface area (Å²) in [6.45, 7) is 3.70. The van der Waals surface area contributed by atoms with Crippen molar-refractivity contribution >= 4 is 44.9 Å². The van der Waals surface area contributed by atoms with Crippen LogP contribution >= 0.6 is 23.1 Å². The number of fused-ring (bicyclic) bond motifs is 1. The molecule has 0 fully saturated rings. The molecule has 0 spiro atoms. The predicted octanol–water partition coefficient (Wildman–Crippen LogP) is 5.22. The summed E-state index contributed by atoms with van der Waals surface area (Å²) in [6, 6.07) is 15.3. The first kappa shape index (κ1) is 20.3. The van der Waals surface area contributed by atoms with Gasteiger partial charge in [-0.1, -0.05) is 42.1 Å². The molecule has 1 atom stereocenters. The zero-order valence-electron chi connectivity index (χ0n) is 16.2. The summed E-state index contributed by atoms with van der Waals surface area (Å²) in [4.78, 5) is 34.3. The molecule has 2 aromatic heterocycles. The van der Waals surface area contributed by atoms with Gasteiger partial charge < -0.3 is 10.3 Å². The fourth-order valence-corrected chi connectivity index (χ4v) is 5.01. The van der Waals surface area contributed by atoms with Crippen LogP contribution < -0.4 is 10.9 Å². The number of carbonyl (C=O) groups excluding carboxylic acids is 1. The van der Waals surface area contributed by atoms with Crippen molar-refractivity contribution in [3.8, 4) is 11.1 Å². The Hall–Kier alpha value is -2.97. The molecule has 5 nitrogen and oxygen atoms in total. The largest absolute Gasteiger partial charge is 0.325 e. The molecular formula is C22H18FN3O2S2. The quantitative estimate of drug-likeness (QED) is 0.330. The second-order valence-electron chi connectivity index (χ2n) is 6.71. The van der Waals surface area contributed by atoms with E-state index in [4.69, 9.17) is 0 Å². The summed E-state index contributed by atoms with van der Waals surface area (Å²) in [5.41, 5.74) is 2.15. The second-order valence-corrected chi connectivity index (χ2v) is 9.24. The molecule has 2 N–H and O–H groups in total. The van der Waals surface area contributed by atoms with E-state index in [0.29, 0.717) is 21.1 Å². The highest BCUT2D eigenvalue weighted by Crippen LogP contribution is 2.36. The minimum Gasteiger partial charge on any atom is -0.325 e. The summed E-state index contributed by atoms with van der Waals surface area (Å²) in [5.74, 6) is -0.631. The molecule has 0 saturated heterocycles. The molecule has 4 rings (SSSR count). The number of H-pyrrole nitrogens is 1. The van der Waals surface area contributed by atoms with Crippen LogP contribution in [0.25, 0.3) is 21.3 Å². The number of hydrogen-bond donors (Lipinski definition) is 2. The van der Waals surface area contributed by atoms with Crippen LogP contribution in [0, 0.1) is 12.7 Å². The van der Waals surface area contributed by atoms with Gasteiger partial charge in [0.25, 0.3) is 5.56 Å². The van der Waals surface area contributed by atoms with Crippen molar-refractivity contribution in [1.82, 2.24) is 9.97 Å². The second kappa shape index (κ2) is 8.41. The van der Waals surface area contributed by atoms with Gasteiger partial charge >= 0.3 is 0 Å². The van der Waals surface area contributed by atoms with Crippen molar-refractivity contribution < 1.29 is 9.18 Å². The maximum atomic E-state index is 13.0. The molecule has 2 heterocycles. The van der Waals surface area contributed by atoms with E-state index < -0.39 is 5.25 Å². The lowest BCUT2D eigenvalue weighted by molar-refractivity contribution is -0.115. The van der Waals surface area contributed by atoms with E-state index in [1.165, 1.54) is 47.4 Å². The van der Waals surface area contributed by atoms with Gasteiger partial charge in [-0.2, -0.15) is 0 Å². The highest BCUT2D eigenvalue weighted by Gasteiger charge is 2.20. The van der Waals surface area contributed by atoms with E-state index in [1.54, 1.807) is 6.92 Å². The van der Waals surface area contributed by atoms with Crippen LogP contribution in [-0.4, -0.2) is 21.1 Å². The number of thioether (sulfide) groups is 1. The van der Waals surface area contributed by atoms with Crippen molar-refractivity contribution in [2.24, 2.45) is 0 Å². The van der Waals surface area contributed by atoms with Crippen LogP contribution in [0.1, 0.15) is 11.8 Å². The van der Waals surface area contributed by atoms with Crippen molar-refractivity contribution in [1.29, 1.82) is 0 Å². The molecule has 0 aliphatic rings. The monoisotopic (exact) mass is 439 g/mol. The number of carbonyl (C=O) groups is 1. The van der Waals surface area contributed by atoms with E-state index in [0.717, 1.165) is 16.0 Å². The third kappa shape index (κ3) is 4.15. The Morgan fingerprint density at radius 2 is 1.87 bits per heavy atom. The van der Waals surface area contributed by atoms with Crippen LogP contribution in [0.2, 0.25) is 0 Å². The lowest BCUT2D eigenvalue weighted by atomic mass is 10.0. The molecule has 0 bridgehead atoms. The molecule has 1 unspecified atom stereocenters. The van der Waals surface area contributed by atoms with E-state index in [9.17, 15) is 14.0 Å². The topological polar surface area (TPSA) is 74.8 Å². The normalized spacial score (nSPS) is 12.1. The number of hydrogen-bond acceptors (Lipinski definition) is 5. The van der Waals surface area contributed by atoms with Crippen LogP contribution in [0.3, 0.4) is 0 Å². The van der Waals surface area contributed by atoms with Crippen LogP contribution in [0.4, 0.5) is 10.1 Å². The van der Waals surface area contributed by atoms with Gasteiger partial charge in [-0.15, -0.1) is 11.3 Å². The number of anilines is 1. The molecule has 0 saturated carbocycles. The summed E-state index contributed by atoms with van der Waals surface area (Å²) in [7, 11) is 0. The standard InChI is InChI=1S/C22H18FN3O2S2/c1-12-17(14-6-4-3-5-7-14)18-20(28)25-22(26-21(18)29-12)30-13(2)19(27)24-16-10-8-15(23)9-11-16/h3-11,13H,1-2H3,(H,24,27)(H,25,26,28). The van der Waals surface area contributed by atoms with Crippen LogP contribution in [-0.2, 0) is 4.79 Å². The molecule has 0 aliphatic carbocycles. The summed E-state index contributed by atoms with van der Waals surface area (Å²) >= 11 is 2.63. The Balaban J connectivity index is 1.59. The number of thiophene rings is 1. The first-order valence-electron chi connectivity index (χ1n) is 9.24. The number of aromatic nitrogens is 2. The number of nitrogens with zero attached hydrogens (tertiary/aromatic N) is 1. The summed E-state index contributed by atoms with van der Waals surface area (Å²) in [5, 5.41) is 3.17. The van der Waals surface area contributed by atoms with Gasteiger partial charge in [0.05, 0.1) is 10.6 Å². The van der Waals surface area contributed by atoms with E-state index in [2.05, 4.69) is 15.3 Å². The smallest absolute Gasteiger partial charge is 0.260 e. The third-order valence-corrected chi connectivity index (χ3v) is 6.53. The zero-order chi connectivity index (χ0) is 21.3. The Bertz CT molecular complexity index is 1270. The molecule has 0 aliphatic heterocycles. The molecule has 0 radical (unpaired) electrons. The number of benzene rings is 2. The molecule has 4 aromatic rings. The van der Waals surface area contributed by atoms with Gasteiger partial charge in [-0.3, -0.25) is 9.59 Å². The van der Waals surface area contributed by atoms with E-state index in [1.807, 2.05) is 37.3 Å². The van der Waals surface area contributed by atoms with E-state index in [-0.39, 0.29) is 17.3 Å². The van der Waals surface area contributed by atoms with Crippen molar-refractivity contribution in [3.05, 3.63) is 75.6 Å². The Morgan fingerprint density at radius 1 is 1.17 bits per heavy atom. The Morgan fingerprint density at radius 3 is 2.57 bits per heavy atom. The highest BCUT2D eigenvalue weighted by atomic mass is 32.2. The molecule has 8 heteroatoms. The molecule has 2 aromatic carbocycles. The maximum Gasteiger partial charge on any atom is 0.260 e. The van der Waals surface area contributed by atoms with Gasteiger partial charge in [-0.25, -0.2) is 9.37 Å². The number of halogens is 1. The first-order valence-corrected chi connectivity index (χ1v) is 10.9. The van der Waals surface area contributed by atoms with E-state index >= 15 is 0 Å². The highest BCUT2D eigenvalue weighted by molar-refractivity contribution is 8.00. The fourth-order valence-electron chi connectivity index (χ4n) is 3.11. The average Bonchev–Trinajstić information content (AvgIpc) is 3.06. The van der Waals surface area contributed by atoms with Gasteiger partial charge in [0.1, 0.15) is 10.6 Å². The minimum absolute atomic E-state index is 0.225. The maximum absolute atomic E-state index is 13.0. The lowest BCUT2D eigenvalue weighted by Gasteiger charge is -2.11. The van der Waals surface area contributed by atoms with Crippen molar-refractivity contribution in [3.63, 3.8) is 0 Å². The van der Waals surface area contributed by atoms with Gasteiger partial charge in [-0.05, 0) is 43.7 Å². The van der Waals surface area contributed by atoms with Crippen molar-refractivity contribution in [2.75, 3.05) is 5.32 Å². The molecule has 1 amide bonds. The number of rotatable bonds is 5. The number of amides is 1. The number of nitrogens with one attached hydrogen (secondary N) is 2. The SMILES string of the molecule is Cc1sc2nc(SC(C)C(=O)Nc3ccc(F)cc3)[nH]c(=O)c2c1-c1ccccc1. The Kier molecular flexibility index (Phi) is 5.69. The molecule has 152 valence electrons. The predicted molar refractivity (Wildman–Crippen MR) is 121 cm³/mol. The van der Waals surface area contributed by atoms with Crippen molar-refractivity contribution in [2.45, 2.75) is 24.3 Å². The van der Waals surface area contributed by atoms with Gasteiger partial charge in [0, 0.05) is 16.1 Å². The lowest BCUT2D eigenvalue weighted by Crippen LogP contribution is -2.23. The van der Waals surface area contributed by atoms with Gasteiger partial charge in [0.2, 0.25) is 5.91 Å². The summed E-state index contributed by atoms with van der Waals surface area (Å²) < 4.78 is 13.0. The fraction of sp³-hybridized carbons (Fsp3) is 0.136. The zero-order valence-corrected chi connectivity index (χ0v) is 17.9. The number of aryl methyl sites for hydroxylation is 1. The van der Waals surface area contributed by atoms with Crippen LogP contribution in [0.15, 0.2) is 64.5 Å². The molecular weight excluding hydrogens is 421 g/mol. The third-order valence-electron chi connectivity index (χ3n) is 4.55.